The molecule has 7 heteroatoms. The number of esters is 1. The Morgan fingerprint density at radius 2 is 2.40 bits per heavy atom. The lowest BCUT2D eigenvalue weighted by atomic mass is 10.2. The Bertz CT molecular complexity index is 325. The highest BCUT2D eigenvalue weighted by atomic mass is 16.5. The third kappa shape index (κ3) is 2.98. The Morgan fingerprint density at radius 1 is 1.67 bits per heavy atom. The molecule has 0 radical (unpaired) electrons. The minimum absolute atomic E-state index is 0.0123. The predicted octanol–water partition coefficient (Wildman–Crippen LogP) is -0.522. The zero-order chi connectivity index (χ0) is 11.3. The molecule has 1 N–H and O–H groups in total. The topological polar surface area (TPSA) is 90.1 Å². The molecule has 0 aliphatic rings. The molecular formula is C8H14N4O3. The molecule has 84 valence electrons. The van der Waals surface area contributed by atoms with Crippen LogP contribution in [0.25, 0.3) is 0 Å². The van der Waals surface area contributed by atoms with Crippen molar-refractivity contribution in [3.8, 4) is 0 Å². The van der Waals surface area contributed by atoms with Crippen LogP contribution in [0.15, 0.2) is 0 Å². The van der Waals surface area contributed by atoms with E-state index in [1.807, 2.05) is 6.92 Å². The fourth-order valence-electron chi connectivity index (χ4n) is 1.02. The van der Waals surface area contributed by atoms with Gasteiger partial charge < -0.3 is 9.84 Å². The first-order valence-corrected chi connectivity index (χ1v) is 4.73. The van der Waals surface area contributed by atoms with Crippen molar-refractivity contribution in [1.29, 1.82) is 0 Å². The lowest BCUT2D eigenvalue weighted by Gasteiger charge is -2.08. The van der Waals surface area contributed by atoms with Crippen molar-refractivity contribution in [2.24, 2.45) is 5.92 Å². The lowest BCUT2D eigenvalue weighted by molar-refractivity contribution is 0.0501. The highest BCUT2D eigenvalue weighted by molar-refractivity contribution is 5.85. The molecule has 0 aromatic carbocycles. The zero-order valence-corrected chi connectivity index (χ0v) is 8.75. The first kappa shape index (κ1) is 11.6. The number of ether oxygens (including phenoxy) is 1. The first-order valence-electron chi connectivity index (χ1n) is 4.73. The molecule has 0 spiro atoms. The summed E-state index contributed by atoms with van der Waals surface area (Å²) in [5.74, 6) is -0.494. The number of aromatic nitrogens is 4. The second kappa shape index (κ2) is 5.40. The summed E-state index contributed by atoms with van der Waals surface area (Å²) in [4.78, 5) is 11.3. The van der Waals surface area contributed by atoms with Crippen molar-refractivity contribution < 1.29 is 14.6 Å². The summed E-state index contributed by atoms with van der Waals surface area (Å²) in [6, 6.07) is 0. The van der Waals surface area contributed by atoms with E-state index in [2.05, 4.69) is 15.5 Å². The molecule has 1 atom stereocenters. The van der Waals surface area contributed by atoms with Gasteiger partial charge in [-0.25, -0.2) is 9.48 Å². The number of hydrogen-bond donors (Lipinski definition) is 1. The third-order valence-corrected chi connectivity index (χ3v) is 1.79. The van der Waals surface area contributed by atoms with E-state index in [0.717, 1.165) is 0 Å². The minimum atomic E-state index is -0.548. The van der Waals surface area contributed by atoms with Crippen molar-refractivity contribution >= 4 is 5.97 Å². The average molecular weight is 214 g/mol. The molecule has 0 bridgehead atoms. The van der Waals surface area contributed by atoms with E-state index in [0.29, 0.717) is 6.54 Å². The third-order valence-electron chi connectivity index (χ3n) is 1.79. The SMILES string of the molecule is CCOC(=O)c1nnnn1CC(C)CO. The van der Waals surface area contributed by atoms with Gasteiger partial charge in [0, 0.05) is 6.61 Å². The van der Waals surface area contributed by atoms with Crippen molar-refractivity contribution in [3.05, 3.63) is 5.82 Å². The van der Waals surface area contributed by atoms with Crippen LogP contribution in [0.3, 0.4) is 0 Å². The van der Waals surface area contributed by atoms with E-state index in [4.69, 9.17) is 9.84 Å². The Labute approximate surface area is 87.0 Å². The largest absolute Gasteiger partial charge is 0.460 e. The summed E-state index contributed by atoms with van der Waals surface area (Å²) in [5.41, 5.74) is 0. The number of aliphatic hydroxyl groups is 1. The molecular weight excluding hydrogens is 200 g/mol. The molecule has 1 aromatic heterocycles. The van der Waals surface area contributed by atoms with Crippen LogP contribution in [0.1, 0.15) is 24.5 Å². The highest BCUT2D eigenvalue weighted by Gasteiger charge is 2.17. The number of rotatable bonds is 5. The van der Waals surface area contributed by atoms with Gasteiger partial charge >= 0.3 is 5.97 Å². The molecule has 0 aliphatic heterocycles. The van der Waals surface area contributed by atoms with E-state index < -0.39 is 5.97 Å². The Hall–Kier alpha value is -1.50. The van der Waals surface area contributed by atoms with Crippen LogP contribution in [-0.4, -0.2) is 44.5 Å². The van der Waals surface area contributed by atoms with Crippen molar-refractivity contribution in [3.63, 3.8) is 0 Å². The summed E-state index contributed by atoms with van der Waals surface area (Å²) >= 11 is 0. The monoisotopic (exact) mass is 214 g/mol. The zero-order valence-electron chi connectivity index (χ0n) is 8.75. The van der Waals surface area contributed by atoms with Gasteiger partial charge in [0.2, 0.25) is 0 Å². The fraction of sp³-hybridized carbons (Fsp3) is 0.750. The standard InChI is InChI=1S/C8H14N4O3/c1-3-15-8(14)7-9-10-11-12(7)4-6(2)5-13/h6,13H,3-5H2,1-2H3. The van der Waals surface area contributed by atoms with Crippen LogP contribution >= 0.6 is 0 Å². The smallest absolute Gasteiger partial charge is 0.378 e. The Balaban J connectivity index is 2.73. The quantitative estimate of drug-likeness (QED) is 0.663. The second-order valence-electron chi connectivity index (χ2n) is 3.19. The van der Waals surface area contributed by atoms with Gasteiger partial charge in [-0.15, -0.1) is 5.10 Å². The van der Waals surface area contributed by atoms with E-state index in [9.17, 15) is 4.79 Å². The number of tetrazole rings is 1. The molecule has 0 fully saturated rings. The summed E-state index contributed by atoms with van der Waals surface area (Å²) in [6.45, 7) is 4.22. The predicted molar refractivity (Wildman–Crippen MR) is 50.0 cm³/mol. The van der Waals surface area contributed by atoms with Gasteiger partial charge in [0.25, 0.3) is 5.82 Å². The summed E-state index contributed by atoms with van der Waals surface area (Å²) < 4.78 is 6.11. The average Bonchev–Trinajstić information content (AvgIpc) is 2.66. The van der Waals surface area contributed by atoms with Crippen molar-refractivity contribution in [1.82, 2.24) is 20.2 Å². The van der Waals surface area contributed by atoms with Crippen LogP contribution in [0.5, 0.6) is 0 Å². The maximum atomic E-state index is 11.3. The van der Waals surface area contributed by atoms with E-state index in [1.165, 1.54) is 4.68 Å². The van der Waals surface area contributed by atoms with Crippen LogP contribution in [0.4, 0.5) is 0 Å². The summed E-state index contributed by atoms with van der Waals surface area (Å²) in [7, 11) is 0. The molecule has 1 rings (SSSR count). The molecule has 15 heavy (non-hydrogen) atoms. The summed E-state index contributed by atoms with van der Waals surface area (Å²) in [5, 5.41) is 19.5. The normalized spacial score (nSPS) is 12.5. The van der Waals surface area contributed by atoms with E-state index in [-0.39, 0.29) is 25.0 Å². The molecule has 1 unspecified atom stereocenters. The van der Waals surface area contributed by atoms with Gasteiger partial charge in [-0.05, 0) is 23.3 Å². The molecule has 0 saturated carbocycles. The molecule has 7 nitrogen and oxygen atoms in total. The van der Waals surface area contributed by atoms with Crippen LogP contribution in [-0.2, 0) is 11.3 Å². The van der Waals surface area contributed by atoms with Crippen LogP contribution in [0, 0.1) is 5.92 Å². The number of carbonyl (C=O) groups excluding carboxylic acids is 1. The molecule has 1 aromatic rings. The minimum Gasteiger partial charge on any atom is -0.460 e. The summed E-state index contributed by atoms with van der Waals surface area (Å²) in [6.07, 6.45) is 0. The van der Waals surface area contributed by atoms with E-state index in [1.54, 1.807) is 6.92 Å². The lowest BCUT2D eigenvalue weighted by Crippen LogP contribution is -2.19. The molecule has 0 amide bonds. The van der Waals surface area contributed by atoms with Crippen molar-refractivity contribution in [2.45, 2.75) is 20.4 Å². The van der Waals surface area contributed by atoms with Crippen molar-refractivity contribution in [2.75, 3.05) is 13.2 Å². The number of aliphatic hydroxyl groups excluding tert-OH is 1. The van der Waals surface area contributed by atoms with Gasteiger partial charge in [-0.1, -0.05) is 6.92 Å². The van der Waals surface area contributed by atoms with Gasteiger partial charge in [-0.2, -0.15) is 0 Å². The highest BCUT2D eigenvalue weighted by Crippen LogP contribution is 2.01. The Kier molecular flexibility index (Phi) is 4.17. The number of nitrogens with zero attached hydrogens (tertiary/aromatic N) is 4. The van der Waals surface area contributed by atoms with Crippen LogP contribution < -0.4 is 0 Å². The maximum Gasteiger partial charge on any atom is 0.378 e. The number of hydrogen-bond acceptors (Lipinski definition) is 6. The molecule has 0 aliphatic carbocycles. The van der Waals surface area contributed by atoms with Gasteiger partial charge in [0.15, 0.2) is 0 Å². The van der Waals surface area contributed by atoms with Gasteiger partial charge in [0.1, 0.15) is 0 Å². The van der Waals surface area contributed by atoms with Gasteiger partial charge in [0.05, 0.1) is 13.2 Å². The maximum absolute atomic E-state index is 11.3. The molecule has 0 saturated heterocycles. The van der Waals surface area contributed by atoms with Crippen LogP contribution in [0.2, 0.25) is 0 Å². The van der Waals surface area contributed by atoms with Gasteiger partial charge in [-0.3, -0.25) is 0 Å². The van der Waals surface area contributed by atoms with E-state index >= 15 is 0 Å². The first-order chi connectivity index (χ1) is 7.19. The second-order valence-corrected chi connectivity index (χ2v) is 3.19. The fourth-order valence-corrected chi connectivity index (χ4v) is 1.02. The Morgan fingerprint density at radius 3 is 3.00 bits per heavy atom. The molecule has 1 heterocycles. The number of carbonyl (C=O) groups is 1.